The lowest BCUT2D eigenvalue weighted by Gasteiger charge is -2.12. The molecule has 0 radical (unpaired) electrons. The van der Waals surface area contributed by atoms with Gasteiger partial charge in [-0.05, 0) is 36.8 Å². The van der Waals surface area contributed by atoms with Crippen LogP contribution in [0.3, 0.4) is 0 Å². The maximum atomic E-state index is 12.4. The highest BCUT2D eigenvalue weighted by Gasteiger charge is 2.14. The second-order valence-corrected chi connectivity index (χ2v) is 7.14. The van der Waals surface area contributed by atoms with Gasteiger partial charge in [0.1, 0.15) is 5.75 Å². The van der Waals surface area contributed by atoms with Crippen molar-refractivity contribution >= 4 is 21.7 Å². The molecule has 5 N–H and O–H groups in total. The van der Waals surface area contributed by atoms with Gasteiger partial charge in [-0.3, -0.25) is 9.71 Å². The van der Waals surface area contributed by atoms with Crippen molar-refractivity contribution in [3.05, 3.63) is 54.1 Å². The Bertz CT molecular complexity index is 832. The van der Waals surface area contributed by atoms with E-state index in [0.717, 1.165) is 5.56 Å². The molecule has 2 rings (SSSR count). The number of nitrogens with one attached hydrogen (secondary N) is 1. The molecular weight excluding hydrogens is 340 g/mol. The number of hydrogen-bond donors (Lipinski definition) is 3. The lowest BCUT2D eigenvalue weighted by molar-refractivity contribution is 0.313. The Kier molecular flexibility index (Phi) is 6.24. The molecule has 0 unspecified atom stereocenters. The Morgan fingerprint density at radius 2 is 1.88 bits per heavy atom. The zero-order valence-corrected chi connectivity index (χ0v) is 14.8. The van der Waals surface area contributed by atoms with Crippen LogP contribution in [0.2, 0.25) is 0 Å². The Labute approximate surface area is 147 Å². The lowest BCUT2D eigenvalue weighted by Crippen LogP contribution is -2.23. The predicted molar refractivity (Wildman–Crippen MR) is 99.2 cm³/mol. The van der Waals surface area contributed by atoms with Crippen molar-refractivity contribution in [2.45, 2.75) is 18.2 Å². The number of anilines is 1. The van der Waals surface area contributed by atoms with Crippen molar-refractivity contribution in [1.82, 2.24) is 0 Å². The maximum Gasteiger partial charge on any atom is 0.261 e. The summed E-state index contributed by atoms with van der Waals surface area (Å²) >= 11 is 0. The second-order valence-electron chi connectivity index (χ2n) is 5.46. The van der Waals surface area contributed by atoms with Gasteiger partial charge in [0, 0.05) is 19.0 Å². The van der Waals surface area contributed by atoms with E-state index in [1.807, 2.05) is 13.0 Å². The number of sulfonamides is 1. The van der Waals surface area contributed by atoms with Crippen LogP contribution >= 0.6 is 0 Å². The summed E-state index contributed by atoms with van der Waals surface area (Å²) in [5, 5.41) is 0. The third kappa shape index (κ3) is 6.00. The van der Waals surface area contributed by atoms with E-state index in [4.69, 9.17) is 16.2 Å². The molecule has 0 aliphatic heterocycles. The zero-order chi connectivity index (χ0) is 18.3. The van der Waals surface area contributed by atoms with Crippen molar-refractivity contribution in [1.29, 1.82) is 0 Å². The van der Waals surface area contributed by atoms with Gasteiger partial charge in [-0.1, -0.05) is 18.2 Å². The number of hydrogen-bond acceptors (Lipinski definition) is 4. The Hall–Kier alpha value is -2.74. The summed E-state index contributed by atoms with van der Waals surface area (Å²) in [6.07, 6.45) is 0.650. The van der Waals surface area contributed by atoms with Crippen molar-refractivity contribution in [2.24, 2.45) is 16.5 Å². The molecule has 0 saturated carbocycles. The molecule has 25 heavy (non-hydrogen) atoms. The van der Waals surface area contributed by atoms with E-state index in [1.165, 1.54) is 0 Å². The monoisotopic (exact) mass is 362 g/mol. The Morgan fingerprint density at radius 3 is 2.56 bits per heavy atom. The van der Waals surface area contributed by atoms with Crippen molar-refractivity contribution in [3.8, 4) is 5.75 Å². The van der Waals surface area contributed by atoms with E-state index in [0.29, 0.717) is 31.0 Å². The molecule has 0 aromatic heterocycles. The molecule has 2 aromatic rings. The van der Waals surface area contributed by atoms with Crippen LogP contribution in [0.15, 0.2) is 58.4 Å². The second kappa shape index (κ2) is 8.39. The van der Waals surface area contributed by atoms with Crippen LogP contribution in [-0.4, -0.2) is 27.5 Å². The van der Waals surface area contributed by atoms with Gasteiger partial charge in [-0.15, -0.1) is 0 Å². The van der Waals surface area contributed by atoms with Crippen molar-refractivity contribution < 1.29 is 13.2 Å². The Morgan fingerprint density at radius 1 is 1.16 bits per heavy atom. The molecule has 7 nitrogen and oxygen atoms in total. The van der Waals surface area contributed by atoms with Gasteiger partial charge in [-0.25, -0.2) is 8.42 Å². The summed E-state index contributed by atoms with van der Waals surface area (Å²) in [5.74, 6) is 0.628. The fraction of sp³-hybridized carbons (Fsp3) is 0.235. The number of guanidine groups is 1. The number of aliphatic imine (C=N–C) groups is 1. The zero-order valence-electron chi connectivity index (χ0n) is 14.0. The minimum atomic E-state index is -3.64. The first-order chi connectivity index (χ1) is 11.9. The standard InChI is InChI=1S/C17H22N4O3S/c1-13-10-14(21-25(22,23)16-6-3-2-4-7-16)12-15(11-13)24-9-5-8-20-17(18)19/h2-4,6-7,10-12,21H,5,8-9H2,1H3,(H4,18,19,20). The van der Waals surface area contributed by atoms with E-state index in [2.05, 4.69) is 9.71 Å². The Balaban J connectivity index is 2.05. The van der Waals surface area contributed by atoms with Gasteiger partial charge >= 0.3 is 0 Å². The number of ether oxygens (including phenoxy) is 1. The highest BCUT2D eigenvalue weighted by atomic mass is 32.2. The first kappa shape index (κ1) is 18.6. The van der Waals surface area contributed by atoms with Crippen LogP contribution in [0.1, 0.15) is 12.0 Å². The van der Waals surface area contributed by atoms with Gasteiger partial charge < -0.3 is 16.2 Å². The molecule has 0 bridgehead atoms. The molecule has 0 heterocycles. The quantitative estimate of drug-likeness (QED) is 0.376. The largest absolute Gasteiger partial charge is 0.493 e. The van der Waals surface area contributed by atoms with Crippen LogP contribution in [0.25, 0.3) is 0 Å². The molecular formula is C17H22N4O3S. The molecule has 0 aliphatic rings. The SMILES string of the molecule is Cc1cc(NS(=O)(=O)c2ccccc2)cc(OCCCN=C(N)N)c1. The molecule has 0 atom stereocenters. The van der Waals surface area contributed by atoms with Crippen LogP contribution in [-0.2, 0) is 10.0 Å². The van der Waals surface area contributed by atoms with Crippen LogP contribution in [0.4, 0.5) is 5.69 Å². The summed E-state index contributed by atoms with van der Waals surface area (Å²) in [7, 11) is -3.64. The number of nitrogens with zero attached hydrogens (tertiary/aromatic N) is 1. The first-order valence-electron chi connectivity index (χ1n) is 7.74. The van der Waals surface area contributed by atoms with Crippen molar-refractivity contribution in [2.75, 3.05) is 17.9 Å². The maximum absolute atomic E-state index is 12.4. The molecule has 134 valence electrons. The minimum Gasteiger partial charge on any atom is -0.493 e. The number of benzene rings is 2. The molecule has 0 amide bonds. The van der Waals surface area contributed by atoms with E-state index in [1.54, 1.807) is 42.5 Å². The van der Waals surface area contributed by atoms with Crippen LogP contribution in [0, 0.1) is 6.92 Å². The van der Waals surface area contributed by atoms with Gasteiger partial charge in [0.25, 0.3) is 10.0 Å². The van der Waals surface area contributed by atoms with Crippen LogP contribution in [0.5, 0.6) is 5.75 Å². The number of nitrogens with two attached hydrogens (primary N) is 2. The van der Waals surface area contributed by atoms with Gasteiger partial charge in [0.15, 0.2) is 5.96 Å². The summed E-state index contributed by atoms with van der Waals surface area (Å²) < 4.78 is 33.0. The summed E-state index contributed by atoms with van der Waals surface area (Å²) in [6.45, 7) is 2.76. The first-order valence-corrected chi connectivity index (χ1v) is 9.23. The molecule has 0 aliphatic carbocycles. The van der Waals surface area contributed by atoms with Gasteiger partial charge in [-0.2, -0.15) is 0 Å². The fourth-order valence-electron chi connectivity index (χ4n) is 2.17. The van der Waals surface area contributed by atoms with Gasteiger partial charge in [0.05, 0.1) is 17.2 Å². The van der Waals surface area contributed by atoms with Crippen molar-refractivity contribution in [3.63, 3.8) is 0 Å². The third-order valence-corrected chi connectivity index (χ3v) is 4.62. The average molecular weight is 362 g/mol. The highest BCUT2D eigenvalue weighted by molar-refractivity contribution is 7.92. The van der Waals surface area contributed by atoms with Crippen LogP contribution < -0.4 is 20.9 Å². The van der Waals surface area contributed by atoms with Gasteiger partial charge in [0.2, 0.25) is 0 Å². The van der Waals surface area contributed by atoms with E-state index >= 15 is 0 Å². The summed E-state index contributed by atoms with van der Waals surface area (Å²) in [6, 6.07) is 13.4. The van der Waals surface area contributed by atoms with E-state index in [9.17, 15) is 8.42 Å². The summed E-state index contributed by atoms with van der Waals surface area (Å²) in [5.41, 5.74) is 11.8. The predicted octanol–water partition coefficient (Wildman–Crippen LogP) is 1.84. The molecule has 0 saturated heterocycles. The normalized spacial score (nSPS) is 10.9. The fourth-order valence-corrected chi connectivity index (χ4v) is 3.23. The number of rotatable bonds is 8. The van der Waals surface area contributed by atoms with E-state index in [-0.39, 0.29) is 10.9 Å². The average Bonchev–Trinajstić information content (AvgIpc) is 2.54. The van der Waals surface area contributed by atoms with E-state index < -0.39 is 10.0 Å². The molecule has 2 aromatic carbocycles. The highest BCUT2D eigenvalue weighted by Crippen LogP contribution is 2.23. The molecule has 8 heteroatoms. The summed E-state index contributed by atoms with van der Waals surface area (Å²) in [4.78, 5) is 4.08. The number of aryl methyl sites for hydroxylation is 1. The molecule has 0 spiro atoms. The minimum absolute atomic E-state index is 0.0492. The third-order valence-electron chi connectivity index (χ3n) is 3.22. The topological polar surface area (TPSA) is 120 Å². The molecule has 0 fully saturated rings. The smallest absolute Gasteiger partial charge is 0.261 e. The lowest BCUT2D eigenvalue weighted by atomic mass is 10.2.